The summed E-state index contributed by atoms with van der Waals surface area (Å²) < 4.78 is 53.7. The Balaban J connectivity index is 1.81. The molecule has 4 rings (SSSR count). The SMILES string of the molecule is Cc1nc2cc(F)c(-c3ccc(P(C)(C)=O)nc3)nc2c(N[C@H](C)c2cccc(C(F)F)c2)c1Cl. The number of hydrogen-bond donors (Lipinski definition) is 1. The normalized spacial score (nSPS) is 12.8. The molecule has 4 aromatic rings. The maximum Gasteiger partial charge on any atom is 0.263 e. The number of rotatable bonds is 6. The third-order valence-corrected chi connectivity index (χ3v) is 7.45. The molecule has 1 atom stereocenters. The molecule has 0 spiro atoms. The first-order valence-electron chi connectivity index (χ1n) is 10.8. The van der Waals surface area contributed by atoms with Gasteiger partial charge in [-0.25, -0.2) is 23.1 Å². The van der Waals surface area contributed by atoms with Gasteiger partial charge >= 0.3 is 0 Å². The van der Waals surface area contributed by atoms with Crippen molar-refractivity contribution in [2.24, 2.45) is 0 Å². The van der Waals surface area contributed by atoms with E-state index in [9.17, 15) is 13.3 Å². The van der Waals surface area contributed by atoms with Crippen LogP contribution in [0, 0.1) is 12.7 Å². The molecule has 0 amide bonds. The average molecular weight is 519 g/mol. The van der Waals surface area contributed by atoms with Gasteiger partial charge in [0.15, 0.2) is 5.82 Å². The van der Waals surface area contributed by atoms with Gasteiger partial charge in [0.25, 0.3) is 6.43 Å². The lowest BCUT2D eigenvalue weighted by Gasteiger charge is -2.20. The predicted octanol–water partition coefficient (Wildman–Crippen LogP) is 7.15. The van der Waals surface area contributed by atoms with Gasteiger partial charge in [0.2, 0.25) is 0 Å². The van der Waals surface area contributed by atoms with Gasteiger partial charge in [-0.2, -0.15) is 0 Å². The molecule has 3 aromatic heterocycles. The van der Waals surface area contributed by atoms with E-state index in [-0.39, 0.29) is 11.3 Å². The Kier molecular flexibility index (Phi) is 6.89. The van der Waals surface area contributed by atoms with Crippen LogP contribution >= 0.6 is 18.7 Å². The van der Waals surface area contributed by atoms with Crippen LogP contribution in [0.3, 0.4) is 0 Å². The highest BCUT2D eigenvalue weighted by Crippen LogP contribution is 2.37. The summed E-state index contributed by atoms with van der Waals surface area (Å²) in [6, 6.07) is 10.2. The van der Waals surface area contributed by atoms with E-state index in [1.54, 1.807) is 44.5 Å². The second-order valence-electron chi connectivity index (χ2n) is 8.67. The van der Waals surface area contributed by atoms with Gasteiger partial charge in [-0.15, -0.1) is 0 Å². The van der Waals surface area contributed by atoms with Crippen molar-refractivity contribution in [3.63, 3.8) is 0 Å². The second-order valence-corrected chi connectivity index (χ2v) is 12.2. The minimum absolute atomic E-state index is 0.0377. The number of aryl methyl sites for hydroxylation is 1. The van der Waals surface area contributed by atoms with E-state index in [2.05, 4.69) is 20.3 Å². The molecule has 0 saturated carbocycles. The molecule has 0 aliphatic carbocycles. The van der Waals surface area contributed by atoms with Gasteiger partial charge in [-0.05, 0) is 50.9 Å². The number of alkyl halides is 2. The Morgan fingerprint density at radius 3 is 2.40 bits per heavy atom. The van der Waals surface area contributed by atoms with Crippen LogP contribution in [0.4, 0.5) is 18.9 Å². The van der Waals surface area contributed by atoms with Crippen molar-refractivity contribution in [1.29, 1.82) is 0 Å². The molecule has 1 N–H and O–H groups in total. The molecule has 182 valence electrons. The number of nitrogens with one attached hydrogen (secondary N) is 1. The molecule has 0 radical (unpaired) electrons. The fourth-order valence-electron chi connectivity index (χ4n) is 3.71. The molecule has 0 fully saturated rings. The van der Waals surface area contributed by atoms with Crippen molar-refractivity contribution >= 4 is 40.9 Å². The molecule has 0 unspecified atom stereocenters. The number of benzene rings is 1. The Hall–Kier alpha value is -2.96. The molecular weight excluding hydrogens is 496 g/mol. The summed E-state index contributed by atoms with van der Waals surface area (Å²) in [5.74, 6) is -0.596. The van der Waals surface area contributed by atoms with Crippen molar-refractivity contribution in [2.75, 3.05) is 18.6 Å². The van der Waals surface area contributed by atoms with Crippen molar-refractivity contribution in [2.45, 2.75) is 26.3 Å². The van der Waals surface area contributed by atoms with Crippen molar-refractivity contribution in [3.05, 3.63) is 76.3 Å². The van der Waals surface area contributed by atoms with Gasteiger partial charge in [0.05, 0.1) is 27.4 Å². The number of aromatic nitrogens is 3. The number of hydrogen-bond acceptors (Lipinski definition) is 5. The number of nitrogens with zero attached hydrogens (tertiary/aromatic N) is 3. The zero-order chi connectivity index (χ0) is 25.5. The topological polar surface area (TPSA) is 67.8 Å². The molecule has 10 heteroatoms. The lowest BCUT2D eigenvalue weighted by Crippen LogP contribution is -2.10. The lowest BCUT2D eigenvalue weighted by molar-refractivity contribution is 0.151. The predicted molar refractivity (Wildman–Crippen MR) is 135 cm³/mol. The molecule has 35 heavy (non-hydrogen) atoms. The Labute approximate surface area is 206 Å². The lowest BCUT2D eigenvalue weighted by atomic mass is 10.0. The third-order valence-electron chi connectivity index (χ3n) is 5.61. The van der Waals surface area contributed by atoms with E-state index in [0.717, 1.165) is 0 Å². The third kappa shape index (κ3) is 5.19. The van der Waals surface area contributed by atoms with Crippen LogP contribution in [-0.2, 0) is 4.57 Å². The molecule has 0 aliphatic rings. The van der Waals surface area contributed by atoms with E-state index in [1.807, 2.05) is 6.92 Å². The van der Waals surface area contributed by atoms with Crippen molar-refractivity contribution in [1.82, 2.24) is 15.0 Å². The summed E-state index contributed by atoms with van der Waals surface area (Å²) in [5, 5.41) is 3.55. The first kappa shape index (κ1) is 25.1. The summed E-state index contributed by atoms with van der Waals surface area (Å²) in [6.07, 6.45) is -1.16. The van der Waals surface area contributed by atoms with Gasteiger partial charge in [-0.1, -0.05) is 29.8 Å². The second kappa shape index (κ2) is 9.59. The van der Waals surface area contributed by atoms with Gasteiger partial charge < -0.3 is 9.88 Å². The zero-order valence-electron chi connectivity index (χ0n) is 19.5. The summed E-state index contributed by atoms with van der Waals surface area (Å²) in [7, 11) is -2.57. The van der Waals surface area contributed by atoms with Gasteiger partial charge in [0, 0.05) is 29.4 Å². The Bertz CT molecular complexity index is 1460. The van der Waals surface area contributed by atoms with E-state index in [1.165, 1.54) is 24.4 Å². The maximum atomic E-state index is 15.0. The summed E-state index contributed by atoms with van der Waals surface area (Å²) in [6.45, 7) is 6.71. The molecule has 0 bridgehead atoms. The van der Waals surface area contributed by atoms with E-state index in [0.29, 0.717) is 44.0 Å². The van der Waals surface area contributed by atoms with E-state index < -0.39 is 25.4 Å². The van der Waals surface area contributed by atoms with Gasteiger partial charge in [0.1, 0.15) is 18.4 Å². The summed E-state index contributed by atoms with van der Waals surface area (Å²) in [4.78, 5) is 13.1. The molecule has 1 aromatic carbocycles. The summed E-state index contributed by atoms with van der Waals surface area (Å²) >= 11 is 6.57. The average Bonchev–Trinajstić information content (AvgIpc) is 2.81. The molecule has 3 heterocycles. The zero-order valence-corrected chi connectivity index (χ0v) is 21.1. The smallest absolute Gasteiger partial charge is 0.263 e. The van der Waals surface area contributed by atoms with E-state index >= 15 is 4.39 Å². The Morgan fingerprint density at radius 2 is 1.77 bits per heavy atom. The standard InChI is InChI=1S/C25H23ClF3N4OP/c1-13(15-6-5-7-16(10-15)25(28)29)32-24-21(26)14(2)31-19-11-18(27)22(33-23(19)24)17-8-9-20(30-12-17)35(3,4)34/h5-13,25H,1-4H3,(H,31,32)/t13-/m1/s1. The first-order valence-corrected chi connectivity index (χ1v) is 13.8. The van der Waals surface area contributed by atoms with Crippen molar-refractivity contribution in [3.8, 4) is 11.3 Å². The van der Waals surface area contributed by atoms with Crippen LogP contribution in [-0.4, -0.2) is 28.3 Å². The Morgan fingerprint density at radius 1 is 1.06 bits per heavy atom. The van der Waals surface area contributed by atoms with Crippen LogP contribution < -0.4 is 10.8 Å². The fraction of sp³-hybridized carbons (Fsp3) is 0.240. The van der Waals surface area contributed by atoms with Crippen LogP contribution in [0.2, 0.25) is 5.02 Å². The number of halogens is 4. The number of pyridine rings is 3. The largest absolute Gasteiger partial charge is 0.375 e. The number of anilines is 1. The highest BCUT2D eigenvalue weighted by molar-refractivity contribution is 7.69. The highest BCUT2D eigenvalue weighted by atomic mass is 35.5. The molecule has 0 saturated heterocycles. The summed E-state index contributed by atoms with van der Waals surface area (Å²) in [5.41, 5.74) is 2.93. The van der Waals surface area contributed by atoms with Crippen LogP contribution in [0.1, 0.15) is 36.2 Å². The van der Waals surface area contributed by atoms with Crippen LogP contribution in [0.5, 0.6) is 0 Å². The highest BCUT2D eigenvalue weighted by Gasteiger charge is 2.20. The van der Waals surface area contributed by atoms with Crippen molar-refractivity contribution < 1.29 is 17.7 Å². The number of fused-ring (bicyclic) bond motifs is 1. The molecular formula is C25H23ClF3N4OP. The minimum Gasteiger partial charge on any atom is -0.375 e. The minimum atomic E-state index is -2.59. The van der Waals surface area contributed by atoms with E-state index in [4.69, 9.17) is 11.6 Å². The van der Waals surface area contributed by atoms with Crippen LogP contribution in [0.15, 0.2) is 48.7 Å². The van der Waals surface area contributed by atoms with Crippen LogP contribution in [0.25, 0.3) is 22.3 Å². The fourth-order valence-corrected chi connectivity index (χ4v) is 4.66. The quantitative estimate of drug-likeness (QED) is 0.274. The monoisotopic (exact) mass is 518 g/mol. The first-order chi connectivity index (χ1) is 16.5. The van der Waals surface area contributed by atoms with Gasteiger partial charge in [-0.3, -0.25) is 4.98 Å². The molecule has 5 nitrogen and oxygen atoms in total. The molecule has 0 aliphatic heterocycles. The maximum absolute atomic E-state index is 15.0.